The maximum Gasteiger partial charge on any atom is 0.161 e. The average molecular weight is 383 g/mol. The van der Waals surface area contributed by atoms with Crippen molar-refractivity contribution in [2.75, 3.05) is 26.8 Å². The van der Waals surface area contributed by atoms with Crippen LogP contribution in [0, 0.1) is 18.8 Å². The fourth-order valence-corrected chi connectivity index (χ4v) is 5.09. The van der Waals surface area contributed by atoms with Gasteiger partial charge in [0.05, 0.1) is 19.4 Å². The normalized spacial score (nSPS) is 27.0. The van der Waals surface area contributed by atoms with Crippen molar-refractivity contribution in [1.82, 2.24) is 9.88 Å². The van der Waals surface area contributed by atoms with Gasteiger partial charge in [-0.25, -0.2) is 0 Å². The number of benzene rings is 1. The molecule has 0 bridgehead atoms. The fraction of sp³-hybridized carbons (Fsp3) is 0.522. The molecule has 5 nitrogen and oxygen atoms in total. The van der Waals surface area contributed by atoms with E-state index in [4.69, 9.17) is 9.47 Å². The molecule has 1 aliphatic carbocycles. The summed E-state index contributed by atoms with van der Waals surface area (Å²) < 4.78 is 11.1. The van der Waals surface area contributed by atoms with E-state index < -0.39 is 5.60 Å². The van der Waals surface area contributed by atoms with Gasteiger partial charge in [0.1, 0.15) is 5.60 Å². The molecule has 2 heterocycles. The molecule has 2 fully saturated rings. The van der Waals surface area contributed by atoms with E-state index >= 15 is 0 Å². The van der Waals surface area contributed by atoms with Crippen molar-refractivity contribution < 1.29 is 14.6 Å². The quantitative estimate of drug-likeness (QED) is 0.828. The van der Waals surface area contributed by atoms with Crippen molar-refractivity contribution in [3.8, 4) is 11.5 Å². The highest BCUT2D eigenvalue weighted by molar-refractivity contribution is 5.43. The van der Waals surface area contributed by atoms with Gasteiger partial charge in [0, 0.05) is 31.7 Å². The molecule has 28 heavy (non-hydrogen) atoms. The van der Waals surface area contributed by atoms with Crippen LogP contribution in [-0.4, -0.2) is 41.8 Å². The molecule has 2 aromatic rings. The fourth-order valence-electron chi connectivity index (χ4n) is 5.09. The average Bonchev–Trinajstić information content (AvgIpc) is 3.23. The maximum atomic E-state index is 11.6. The van der Waals surface area contributed by atoms with Gasteiger partial charge in [0.25, 0.3) is 0 Å². The SMILES string of the molecule is CCOc1cc(CN2C[C@@H]3CC[C@@](O)(c4ncccc4C)[C@@H]3C2)ccc1OC. The Bertz CT molecular complexity index is 840. The molecule has 1 saturated heterocycles. The molecule has 1 saturated carbocycles. The Morgan fingerprint density at radius 3 is 2.86 bits per heavy atom. The summed E-state index contributed by atoms with van der Waals surface area (Å²) in [5.74, 6) is 2.33. The van der Waals surface area contributed by atoms with Gasteiger partial charge in [-0.3, -0.25) is 9.88 Å². The smallest absolute Gasteiger partial charge is 0.161 e. The molecule has 0 spiro atoms. The van der Waals surface area contributed by atoms with Crippen LogP contribution in [0.3, 0.4) is 0 Å². The Hall–Kier alpha value is -2.11. The lowest BCUT2D eigenvalue weighted by Crippen LogP contribution is -2.36. The molecular weight excluding hydrogens is 352 g/mol. The summed E-state index contributed by atoms with van der Waals surface area (Å²) >= 11 is 0. The third-order valence-electron chi connectivity index (χ3n) is 6.38. The van der Waals surface area contributed by atoms with E-state index in [1.54, 1.807) is 13.3 Å². The number of aromatic nitrogens is 1. The van der Waals surface area contributed by atoms with E-state index in [0.29, 0.717) is 12.5 Å². The van der Waals surface area contributed by atoms with Crippen molar-refractivity contribution in [1.29, 1.82) is 0 Å². The minimum absolute atomic E-state index is 0.241. The van der Waals surface area contributed by atoms with Gasteiger partial charge in [-0.1, -0.05) is 12.1 Å². The van der Waals surface area contributed by atoms with Crippen molar-refractivity contribution in [2.24, 2.45) is 11.8 Å². The van der Waals surface area contributed by atoms with Gasteiger partial charge >= 0.3 is 0 Å². The van der Waals surface area contributed by atoms with Crippen molar-refractivity contribution in [3.63, 3.8) is 0 Å². The molecule has 150 valence electrons. The zero-order valence-electron chi connectivity index (χ0n) is 17.0. The number of rotatable bonds is 6. The second kappa shape index (κ2) is 7.72. The Balaban J connectivity index is 1.50. The predicted molar refractivity (Wildman–Crippen MR) is 109 cm³/mol. The number of methoxy groups -OCH3 is 1. The number of pyridine rings is 1. The van der Waals surface area contributed by atoms with Gasteiger partial charge < -0.3 is 14.6 Å². The Morgan fingerprint density at radius 2 is 2.11 bits per heavy atom. The number of aryl methyl sites for hydroxylation is 1. The standard InChI is InChI=1S/C23H30N2O3/c1-4-28-21-12-17(7-8-20(21)27-3)13-25-14-18-9-10-23(26,19(18)15-25)22-16(2)6-5-11-24-22/h5-8,11-12,18-19,26H,4,9-10,13-15H2,1-3H3/t18-,19+,23-/m0/s1. The molecule has 1 aliphatic heterocycles. The van der Waals surface area contributed by atoms with Crippen LogP contribution in [0.1, 0.15) is 36.6 Å². The van der Waals surface area contributed by atoms with Gasteiger partial charge in [0.2, 0.25) is 0 Å². The first-order valence-corrected chi connectivity index (χ1v) is 10.2. The molecule has 0 radical (unpaired) electrons. The van der Waals surface area contributed by atoms with Crippen LogP contribution in [0.25, 0.3) is 0 Å². The number of fused-ring (bicyclic) bond motifs is 1. The number of aliphatic hydroxyl groups is 1. The topological polar surface area (TPSA) is 54.8 Å². The Labute approximate surface area is 167 Å². The summed E-state index contributed by atoms with van der Waals surface area (Å²) in [7, 11) is 1.67. The van der Waals surface area contributed by atoms with Crippen molar-refractivity contribution in [2.45, 2.75) is 38.8 Å². The molecule has 1 aromatic heterocycles. The summed E-state index contributed by atoms with van der Waals surface area (Å²) in [5, 5.41) is 11.6. The second-order valence-electron chi connectivity index (χ2n) is 8.11. The van der Waals surface area contributed by atoms with E-state index in [1.807, 2.05) is 32.0 Å². The molecule has 1 N–H and O–H groups in total. The minimum Gasteiger partial charge on any atom is -0.493 e. The molecule has 4 rings (SSSR count). The van der Waals surface area contributed by atoms with Crippen molar-refractivity contribution >= 4 is 0 Å². The highest BCUT2D eigenvalue weighted by Crippen LogP contribution is 2.50. The molecule has 0 amide bonds. The largest absolute Gasteiger partial charge is 0.493 e. The summed E-state index contributed by atoms with van der Waals surface area (Å²) in [6.07, 6.45) is 3.67. The van der Waals surface area contributed by atoms with Crippen LogP contribution in [0.15, 0.2) is 36.5 Å². The number of likely N-dealkylation sites (tertiary alicyclic amines) is 1. The lowest BCUT2D eigenvalue weighted by Gasteiger charge is -2.31. The number of nitrogens with zero attached hydrogens (tertiary/aromatic N) is 2. The van der Waals surface area contributed by atoms with Gasteiger partial charge in [-0.15, -0.1) is 0 Å². The van der Waals surface area contributed by atoms with Crippen LogP contribution in [0.2, 0.25) is 0 Å². The summed E-state index contributed by atoms with van der Waals surface area (Å²) in [6, 6.07) is 10.1. The zero-order chi connectivity index (χ0) is 19.7. The van der Waals surface area contributed by atoms with Crippen LogP contribution < -0.4 is 9.47 Å². The van der Waals surface area contributed by atoms with Crippen LogP contribution >= 0.6 is 0 Å². The summed E-state index contributed by atoms with van der Waals surface area (Å²) in [5.41, 5.74) is 2.36. The molecule has 2 aliphatic rings. The lowest BCUT2D eigenvalue weighted by atomic mass is 9.83. The van der Waals surface area contributed by atoms with E-state index in [2.05, 4.69) is 22.0 Å². The number of hydrogen-bond donors (Lipinski definition) is 1. The highest BCUT2D eigenvalue weighted by atomic mass is 16.5. The molecule has 1 aromatic carbocycles. The summed E-state index contributed by atoms with van der Waals surface area (Å²) in [4.78, 5) is 7.01. The first kappa shape index (κ1) is 19.2. The Morgan fingerprint density at radius 1 is 1.25 bits per heavy atom. The van der Waals surface area contributed by atoms with Gasteiger partial charge in [0.15, 0.2) is 11.5 Å². The summed E-state index contributed by atoms with van der Waals surface area (Å²) in [6.45, 7) is 7.42. The third kappa shape index (κ3) is 3.38. The van der Waals surface area contributed by atoms with Crippen molar-refractivity contribution in [3.05, 3.63) is 53.3 Å². The number of hydrogen-bond acceptors (Lipinski definition) is 5. The molecule has 0 unspecified atom stereocenters. The molecular formula is C23H30N2O3. The second-order valence-corrected chi connectivity index (χ2v) is 8.11. The Kier molecular flexibility index (Phi) is 5.30. The highest BCUT2D eigenvalue weighted by Gasteiger charge is 2.53. The zero-order valence-corrected chi connectivity index (χ0v) is 17.0. The van der Waals surface area contributed by atoms with Crippen LogP contribution in [-0.2, 0) is 12.1 Å². The van der Waals surface area contributed by atoms with Gasteiger partial charge in [-0.2, -0.15) is 0 Å². The first-order chi connectivity index (χ1) is 13.5. The lowest BCUT2D eigenvalue weighted by molar-refractivity contribution is -0.0114. The van der Waals surface area contributed by atoms with E-state index in [9.17, 15) is 5.11 Å². The first-order valence-electron chi connectivity index (χ1n) is 10.2. The van der Waals surface area contributed by atoms with Crippen LogP contribution in [0.4, 0.5) is 0 Å². The minimum atomic E-state index is -0.804. The third-order valence-corrected chi connectivity index (χ3v) is 6.38. The molecule has 3 atom stereocenters. The maximum absolute atomic E-state index is 11.6. The van der Waals surface area contributed by atoms with E-state index in [0.717, 1.165) is 55.2 Å². The molecule has 5 heteroatoms. The predicted octanol–water partition coefficient (Wildman–Crippen LogP) is 3.53. The van der Waals surface area contributed by atoms with Gasteiger partial charge in [-0.05, 0) is 61.9 Å². The van der Waals surface area contributed by atoms with E-state index in [-0.39, 0.29) is 5.92 Å². The monoisotopic (exact) mass is 382 g/mol. The number of ether oxygens (including phenoxy) is 2. The van der Waals surface area contributed by atoms with Crippen LogP contribution in [0.5, 0.6) is 11.5 Å². The van der Waals surface area contributed by atoms with E-state index in [1.165, 1.54) is 5.56 Å².